The van der Waals surface area contributed by atoms with Crippen LogP contribution in [0.2, 0.25) is 5.02 Å². The van der Waals surface area contributed by atoms with E-state index in [0.29, 0.717) is 10.9 Å². The van der Waals surface area contributed by atoms with Crippen LogP contribution < -0.4 is 5.32 Å². The second-order valence-corrected chi connectivity index (χ2v) is 3.53. The standard InChI is InChI=1S/C9H11ClN2/c10-8-1-2-9(12-6-8)7-3-4-11-5-7/h1-2,6-7,11H,3-5H2. The lowest BCUT2D eigenvalue weighted by Gasteiger charge is -2.06. The summed E-state index contributed by atoms with van der Waals surface area (Å²) in [5.74, 6) is 0.585. The summed E-state index contributed by atoms with van der Waals surface area (Å²) in [7, 11) is 0. The summed E-state index contributed by atoms with van der Waals surface area (Å²) >= 11 is 5.74. The second kappa shape index (κ2) is 3.42. The van der Waals surface area contributed by atoms with Gasteiger partial charge in [-0.25, -0.2) is 0 Å². The molecule has 1 fully saturated rings. The SMILES string of the molecule is Clc1ccc(C2CCNC2)nc1. The molecule has 2 rings (SSSR count). The Morgan fingerprint density at radius 1 is 1.50 bits per heavy atom. The summed E-state index contributed by atoms with van der Waals surface area (Å²) in [6.07, 6.45) is 2.91. The van der Waals surface area contributed by atoms with Crippen LogP contribution in [0, 0.1) is 0 Å². The van der Waals surface area contributed by atoms with Crippen LogP contribution in [0.5, 0.6) is 0 Å². The highest BCUT2D eigenvalue weighted by Gasteiger charge is 2.16. The summed E-state index contributed by atoms with van der Waals surface area (Å²) in [5.41, 5.74) is 1.16. The van der Waals surface area contributed by atoms with Crippen LogP contribution in [0.1, 0.15) is 18.0 Å². The molecule has 1 saturated heterocycles. The number of aromatic nitrogens is 1. The van der Waals surface area contributed by atoms with Gasteiger partial charge in [-0.05, 0) is 25.1 Å². The van der Waals surface area contributed by atoms with Crippen molar-refractivity contribution >= 4 is 11.6 Å². The maximum atomic E-state index is 5.74. The Kier molecular flexibility index (Phi) is 2.28. The molecule has 1 aromatic heterocycles. The number of hydrogen-bond donors (Lipinski definition) is 1. The fraction of sp³-hybridized carbons (Fsp3) is 0.444. The first kappa shape index (κ1) is 8.02. The van der Waals surface area contributed by atoms with Gasteiger partial charge in [-0.1, -0.05) is 11.6 Å². The quantitative estimate of drug-likeness (QED) is 0.717. The molecule has 1 unspecified atom stereocenters. The maximum Gasteiger partial charge on any atom is 0.0589 e. The van der Waals surface area contributed by atoms with Crippen molar-refractivity contribution in [2.45, 2.75) is 12.3 Å². The lowest BCUT2D eigenvalue weighted by atomic mass is 10.0. The number of nitrogens with one attached hydrogen (secondary N) is 1. The van der Waals surface area contributed by atoms with Gasteiger partial charge in [0.25, 0.3) is 0 Å². The number of hydrogen-bond acceptors (Lipinski definition) is 2. The fourth-order valence-corrected chi connectivity index (χ4v) is 1.65. The number of rotatable bonds is 1. The van der Waals surface area contributed by atoms with E-state index < -0.39 is 0 Å². The fourth-order valence-electron chi connectivity index (χ4n) is 1.54. The monoisotopic (exact) mass is 182 g/mol. The van der Waals surface area contributed by atoms with Crippen molar-refractivity contribution in [2.24, 2.45) is 0 Å². The molecule has 0 bridgehead atoms. The van der Waals surface area contributed by atoms with Gasteiger partial charge in [-0.2, -0.15) is 0 Å². The van der Waals surface area contributed by atoms with Gasteiger partial charge in [0.15, 0.2) is 0 Å². The van der Waals surface area contributed by atoms with Crippen LogP contribution in [-0.2, 0) is 0 Å². The Labute approximate surface area is 77.0 Å². The third-order valence-electron chi connectivity index (χ3n) is 2.23. The van der Waals surface area contributed by atoms with Gasteiger partial charge in [0.1, 0.15) is 0 Å². The molecule has 3 heteroatoms. The molecule has 0 aliphatic carbocycles. The molecular weight excluding hydrogens is 172 g/mol. The van der Waals surface area contributed by atoms with Crippen LogP contribution in [0.15, 0.2) is 18.3 Å². The van der Waals surface area contributed by atoms with Crippen molar-refractivity contribution in [1.29, 1.82) is 0 Å². The van der Waals surface area contributed by atoms with E-state index >= 15 is 0 Å². The first-order chi connectivity index (χ1) is 5.86. The van der Waals surface area contributed by atoms with Gasteiger partial charge in [0.2, 0.25) is 0 Å². The van der Waals surface area contributed by atoms with Crippen molar-refractivity contribution in [3.8, 4) is 0 Å². The summed E-state index contributed by atoms with van der Waals surface area (Å²) in [4.78, 5) is 4.29. The number of nitrogens with zero attached hydrogens (tertiary/aromatic N) is 1. The molecule has 2 nitrogen and oxygen atoms in total. The van der Waals surface area contributed by atoms with Gasteiger partial charge in [-0.3, -0.25) is 4.98 Å². The first-order valence-electron chi connectivity index (χ1n) is 4.18. The lowest BCUT2D eigenvalue weighted by molar-refractivity contribution is 0.735. The van der Waals surface area contributed by atoms with E-state index in [1.165, 1.54) is 6.42 Å². The topological polar surface area (TPSA) is 24.9 Å². The lowest BCUT2D eigenvalue weighted by Crippen LogP contribution is -2.08. The van der Waals surface area contributed by atoms with E-state index in [-0.39, 0.29) is 0 Å². The highest BCUT2D eigenvalue weighted by molar-refractivity contribution is 6.30. The Bertz CT molecular complexity index is 252. The van der Waals surface area contributed by atoms with E-state index in [2.05, 4.69) is 10.3 Å². The minimum atomic E-state index is 0.585. The average molecular weight is 183 g/mol. The molecule has 0 radical (unpaired) electrons. The van der Waals surface area contributed by atoms with Gasteiger partial charge in [-0.15, -0.1) is 0 Å². The Morgan fingerprint density at radius 3 is 3.00 bits per heavy atom. The average Bonchev–Trinajstić information content (AvgIpc) is 2.58. The number of halogens is 1. The Morgan fingerprint density at radius 2 is 2.42 bits per heavy atom. The molecule has 1 aliphatic rings. The second-order valence-electron chi connectivity index (χ2n) is 3.09. The molecule has 12 heavy (non-hydrogen) atoms. The van der Waals surface area contributed by atoms with Crippen molar-refractivity contribution in [3.05, 3.63) is 29.0 Å². The third kappa shape index (κ3) is 1.59. The molecule has 1 aliphatic heterocycles. The van der Waals surface area contributed by atoms with Gasteiger partial charge >= 0.3 is 0 Å². The minimum absolute atomic E-state index is 0.585. The van der Waals surface area contributed by atoms with Crippen LogP contribution in [0.25, 0.3) is 0 Å². The van der Waals surface area contributed by atoms with Crippen molar-refractivity contribution in [1.82, 2.24) is 10.3 Å². The van der Waals surface area contributed by atoms with Gasteiger partial charge < -0.3 is 5.32 Å². The zero-order chi connectivity index (χ0) is 8.39. The van der Waals surface area contributed by atoms with E-state index in [1.54, 1.807) is 6.20 Å². The van der Waals surface area contributed by atoms with E-state index in [1.807, 2.05) is 12.1 Å². The molecule has 64 valence electrons. The Hall–Kier alpha value is -0.600. The third-order valence-corrected chi connectivity index (χ3v) is 2.45. The first-order valence-corrected chi connectivity index (χ1v) is 4.56. The molecule has 0 saturated carbocycles. The molecule has 1 atom stereocenters. The molecular formula is C9H11ClN2. The summed E-state index contributed by atoms with van der Waals surface area (Å²) < 4.78 is 0. The van der Waals surface area contributed by atoms with Crippen LogP contribution in [-0.4, -0.2) is 18.1 Å². The molecule has 2 heterocycles. The van der Waals surface area contributed by atoms with E-state index in [4.69, 9.17) is 11.6 Å². The molecule has 1 N–H and O–H groups in total. The van der Waals surface area contributed by atoms with Crippen LogP contribution in [0.3, 0.4) is 0 Å². The van der Waals surface area contributed by atoms with Crippen LogP contribution in [0.4, 0.5) is 0 Å². The molecule has 1 aromatic rings. The molecule has 0 spiro atoms. The zero-order valence-corrected chi connectivity index (χ0v) is 7.51. The smallest absolute Gasteiger partial charge is 0.0589 e. The van der Waals surface area contributed by atoms with E-state index in [9.17, 15) is 0 Å². The van der Waals surface area contributed by atoms with Crippen molar-refractivity contribution in [2.75, 3.05) is 13.1 Å². The zero-order valence-electron chi connectivity index (χ0n) is 6.76. The summed E-state index contributed by atoms with van der Waals surface area (Å²) in [6, 6.07) is 3.92. The number of pyridine rings is 1. The normalized spacial score (nSPS) is 22.9. The Balaban J connectivity index is 2.17. The van der Waals surface area contributed by atoms with Gasteiger partial charge in [0, 0.05) is 24.4 Å². The minimum Gasteiger partial charge on any atom is -0.316 e. The summed E-state index contributed by atoms with van der Waals surface area (Å²) in [6.45, 7) is 2.16. The highest BCUT2D eigenvalue weighted by atomic mass is 35.5. The molecule has 0 aromatic carbocycles. The predicted molar refractivity (Wildman–Crippen MR) is 49.5 cm³/mol. The van der Waals surface area contributed by atoms with Crippen molar-refractivity contribution < 1.29 is 0 Å². The largest absolute Gasteiger partial charge is 0.316 e. The highest BCUT2D eigenvalue weighted by Crippen LogP contribution is 2.20. The molecule has 0 amide bonds. The van der Waals surface area contributed by atoms with Crippen molar-refractivity contribution in [3.63, 3.8) is 0 Å². The van der Waals surface area contributed by atoms with Crippen LogP contribution >= 0.6 is 11.6 Å². The van der Waals surface area contributed by atoms with Gasteiger partial charge in [0.05, 0.1) is 5.02 Å². The van der Waals surface area contributed by atoms with E-state index in [0.717, 1.165) is 18.8 Å². The predicted octanol–water partition coefficient (Wildman–Crippen LogP) is 1.81. The maximum absolute atomic E-state index is 5.74. The summed E-state index contributed by atoms with van der Waals surface area (Å²) in [5, 5.41) is 4.03.